The van der Waals surface area contributed by atoms with Crippen molar-refractivity contribution in [1.29, 1.82) is 0 Å². The average molecular weight is 734 g/mol. The van der Waals surface area contributed by atoms with Crippen LogP contribution >= 0.6 is 0 Å². The first-order chi connectivity index (χ1) is 25.8. The van der Waals surface area contributed by atoms with Crippen molar-refractivity contribution in [2.24, 2.45) is 28.2 Å². The summed E-state index contributed by atoms with van der Waals surface area (Å²) < 4.78 is 12.6. The second kappa shape index (κ2) is 18.8. The SMILES string of the molecule is CCCCC1OC(CCc2ccc(O)c(OCC(NCC)[C+]3C=C4C(=N3)CC3(CCCC3)C3CCCC3C4C(CCCO)NCC(C)O)c2)=C[C-]1CO. The van der Waals surface area contributed by atoms with Crippen LogP contribution in [0.1, 0.15) is 116 Å². The molecule has 1 aromatic carbocycles. The van der Waals surface area contributed by atoms with Gasteiger partial charge in [-0.2, -0.15) is 12.0 Å². The van der Waals surface area contributed by atoms with Gasteiger partial charge in [-0.1, -0.05) is 64.2 Å². The molecule has 1 aromatic rings. The zero-order chi connectivity index (χ0) is 37.4. The Balaban J connectivity index is 1.20. The van der Waals surface area contributed by atoms with Crippen molar-refractivity contribution in [2.75, 3.05) is 32.9 Å². The number of aliphatic imine (C=N–C) groups is 1. The summed E-state index contributed by atoms with van der Waals surface area (Å²) in [7, 11) is 0. The number of aryl methyl sites for hydroxylation is 1. The number of unbranched alkanes of at least 4 members (excludes halogenated alkanes) is 1. The highest BCUT2D eigenvalue weighted by atomic mass is 16.5. The maximum Gasteiger partial charge on any atom is 0.190 e. The number of hydrogen-bond acceptors (Lipinski definition) is 9. The summed E-state index contributed by atoms with van der Waals surface area (Å²) in [5.41, 5.74) is 3.96. The van der Waals surface area contributed by atoms with E-state index in [4.69, 9.17) is 14.5 Å². The monoisotopic (exact) mass is 734 g/mol. The lowest BCUT2D eigenvalue weighted by molar-refractivity contribution is 0.0992. The molecule has 0 amide bonds. The Morgan fingerprint density at radius 2 is 1.92 bits per heavy atom. The summed E-state index contributed by atoms with van der Waals surface area (Å²) in [5, 5.41) is 48.3. The number of aliphatic hydroxyl groups excluding tert-OH is 3. The molecule has 9 heteroatoms. The standard InChI is InChI=1S/C44H67N3O6/c1-4-6-14-41-31(27-49)23-32(53-41)17-15-30-16-18-40(51)42(22-30)52-28-39(45-5-2)37-24-34-38(47-37)25-44(19-7-8-20-44)35-12-9-11-33(35)43(34)36(13-10-21-48)46-26-29(3)50/h16,18,22-24,29,33,35-36,39,41,43,45-46,48-51H,4-15,17,19-21,25-28H2,1-3H3. The number of aliphatic hydroxyl groups is 3. The van der Waals surface area contributed by atoms with Crippen LogP contribution in [0.2, 0.25) is 0 Å². The molecule has 6 N–H and O–H groups in total. The van der Waals surface area contributed by atoms with Gasteiger partial charge in [0.25, 0.3) is 0 Å². The van der Waals surface area contributed by atoms with Crippen LogP contribution in [-0.4, -0.2) is 83.3 Å². The molecule has 1 spiro atoms. The molecule has 0 radical (unpaired) electrons. The van der Waals surface area contributed by atoms with Crippen LogP contribution < -0.4 is 15.4 Å². The van der Waals surface area contributed by atoms with Crippen LogP contribution in [0.5, 0.6) is 11.5 Å². The second-order valence-corrected chi connectivity index (χ2v) is 16.6. The third kappa shape index (κ3) is 9.41. The minimum absolute atomic E-state index is 0.0239. The lowest BCUT2D eigenvalue weighted by atomic mass is 9.65. The number of fused-ring (bicyclic) bond motifs is 3. The van der Waals surface area contributed by atoms with Gasteiger partial charge in [-0.3, -0.25) is 5.32 Å². The van der Waals surface area contributed by atoms with Gasteiger partial charge in [0.1, 0.15) is 18.2 Å². The van der Waals surface area contributed by atoms with E-state index >= 15 is 0 Å². The number of nitrogens with one attached hydrogen (secondary N) is 2. The van der Waals surface area contributed by atoms with E-state index < -0.39 is 6.10 Å². The van der Waals surface area contributed by atoms with Crippen molar-refractivity contribution < 1.29 is 29.9 Å². The maximum atomic E-state index is 10.9. The molecule has 0 aromatic heterocycles. The molecule has 0 saturated heterocycles. The largest absolute Gasteiger partial charge is 0.592 e. The van der Waals surface area contributed by atoms with Crippen molar-refractivity contribution in [1.82, 2.24) is 10.6 Å². The Kier molecular flexibility index (Phi) is 14.2. The number of allylic oxidation sites excluding steroid dienone is 1. The Labute approximate surface area is 318 Å². The number of likely N-dealkylation sites (N-methyl/N-ethyl adjacent to an activating group) is 1. The summed E-state index contributed by atoms with van der Waals surface area (Å²) in [6.45, 7) is 7.93. The van der Waals surface area contributed by atoms with E-state index in [1.165, 1.54) is 56.2 Å². The molecule has 6 rings (SSSR count). The third-order valence-corrected chi connectivity index (χ3v) is 12.9. The quantitative estimate of drug-likeness (QED) is 0.0812. The normalized spacial score (nSPS) is 26.4. The van der Waals surface area contributed by atoms with E-state index in [9.17, 15) is 20.4 Å². The molecule has 53 heavy (non-hydrogen) atoms. The van der Waals surface area contributed by atoms with E-state index in [1.807, 2.05) is 25.1 Å². The molecule has 3 aliphatic carbocycles. The lowest BCUT2D eigenvalue weighted by Gasteiger charge is -2.39. The van der Waals surface area contributed by atoms with E-state index in [0.717, 1.165) is 81.2 Å². The van der Waals surface area contributed by atoms with Crippen LogP contribution in [0.25, 0.3) is 0 Å². The number of phenols is 1. The van der Waals surface area contributed by atoms with Crippen LogP contribution in [0.3, 0.4) is 0 Å². The first kappa shape index (κ1) is 40.0. The Morgan fingerprint density at radius 3 is 2.66 bits per heavy atom. The zero-order valence-corrected chi connectivity index (χ0v) is 32.6. The van der Waals surface area contributed by atoms with Crippen molar-refractivity contribution in [3.8, 4) is 11.5 Å². The summed E-state index contributed by atoms with van der Waals surface area (Å²) in [4.78, 5) is 5.48. The second-order valence-electron chi connectivity index (χ2n) is 16.6. The molecule has 7 atom stereocenters. The maximum absolute atomic E-state index is 10.9. The lowest BCUT2D eigenvalue weighted by Crippen LogP contribution is -2.45. The number of aromatic hydroxyl groups is 1. The minimum atomic E-state index is -0.440. The number of benzene rings is 1. The van der Waals surface area contributed by atoms with Gasteiger partial charge in [0.15, 0.2) is 23.3 Å². The molecule has 0 bridgehead atoms. The molecular formula is C44H67N3O6. The van der Waals surface area contributed by atoms with Gasteiger partial charge < -0.3 is 35.2 Å². The van der Waals surface area contributed by atoms with E-state index in [1.54, 1.807) is 6.07 Å². The smallest absolute Gasteiger partial charge is 0.190 e. The predicted molar refractivity (Wildman–Crippen MR) is 211 cm³/mol. The zero-order valence-electron chi connectivity index (χ0n) is 32.6. The summed E-state index contributed by atoms with van der Waals surface area (Å²) in [5.74, 6) is 3.97. The van der Waals surface area contributed by atoms with Crippen LogP contribution in [0, 0.1) is 35.1 Å². The third-order valence-electron chi connectivity index (χ3n) is 12.9. The van der Waals surface area contributed by atoms with Crippen molar-refractivity contribution in [3.63, 3.8) is 0 Å². The van der Waals surface area contributed by atoms with Gasteiger partial charge in [-0.05, 0) is 99.8 Å². The molecule has 3 fully saturated rings. The molecule has 7 unspecified atom stereocenters. The van der Waals surface area contributed by atoms with Crippen LogP contribution in [0.15, 0.2) is 46.7 Å². The first-order valence-corrected chi connectivity index (χ1v) is 21.0. The van der Waals surface area contributed by atoms with Gasteiger partial charge in [0.2, 0.25) is 0 Å². The Morgan fingerprint density at radius 1 is 1.09 bits per heavy atom. The van der Waals surface area contributed by atoms with Crippen LogP contribution in [-0.2, 0) is 11.2 Å². The van der Waals surface area contributed by atoms with E-state index in [-0.39, 0.29) is 43.1 Å². The number of phenolic OH excluding ortho intramolecular Hbond substituents is 1. The Bertz CT molecular complexity index is 1420. The highest BCUT2D eigenvalue weighted by molar-refractivity contribution is 6.04. The van der Waals surface area contributed by atoms with E-state index in [2.05, 4.69) is 30.6 Å². The fraction of sp³-hybridized carbons (Fsp3) is 0.705. The van der Waals surface area contributed by atoms with Gasteiger partial charge in [0.05, 0.1) is 24.5 Å². The molecule has 9 nitrogen and oxygen atoms in total. The van der Waals surface area contributed by atoms with Gasteiger partial charge in [0, 0.05) is 31.9 Å². The fourth-order valence-electron chi connectivity index (χ4n) is 10.4. The molecule has 2 heterocycles. The van der Waals surface area contributed by atoms with Crippen molar-refractivity contribution in [3.05, 3.63) is 59.2 Å². The number of ether oxygens (including phenoxy) is 2. The van der Waals surface area contributed by atoms with Gasteiger partial charge >= 0.3 is 0 Å². The number of hydrogen-bond donors (Lipinski definition) is 6. The summed E-state index contributed by atoms with van der Waals surface area (Å²) in [6, 6.07) is 6.59. The molecular weight excluding hydrogens is 666 g/mol. The molecule has 5 aliphatic rings. The van der Waals surface area contributed by atoms with Gasteiger partial charge in [-0.15, -0.1) is 4.99 Å². The number of nitrogens with zero attached hydrogens (tertiary/aromatic N) is 1. The van der Waals surface area contributed by atoms with E-state index in [0.29, 0.717) is 36.2 Å². The first-order valence-electron chi connectivity index (χ1n) is 21.0. The van der Waals surface area contributed by atoms with Crippen molar-refractivity contribution in [2.45, 2.75) is 141 Å². The highest BCUT2D eigenvalue weighted by Gasteiger charge is 2.58. The predicted octanol–water partition coefficient (Wildman–Crippen LogP) is 6.74. The molecule has 294 valence electrons. The fourth-order valence-corrected chi connectivity index (χ4v) is 10.4. The summed E-state index contributed by atoms with van der Waals surface area (Å²) in [6.07, 6.45) is 20.0. The topological polar surface area (TPSA) is 136 Å². The van der Waals surface area contributed by atoms with Gasteiger partial charge in [-0.25, -0.2) is 0 Å². The number of rotatable bonds is 20. The molecule has 2 aliphatic heterocycles. The summed E-state index contributed by atoms with van der Waals surface area (Å²) >= 11 is 0. The Hall–Kier alpha value is -2.69. The average Bonchev–Trinajstić information content (AvgIpc) is 3.97. The van der Waals surface area contributed by atoms with Crippen LogP contribution in [0.4, 0.5) is 0 Å². The van der Waals surface area contributed by atoms with Crippen molar-refractivity contribution >= 4 is 5.71 Å². The highest BCUT2D eigenvalue weighted by Crippen LogP contribution is 2.61. The molecule has 3 saturated carbocycles. The minimum Gasteiger partial charge on any atom is -0.592 e.